The molecule has 2 nitrogen and oxygen atoms in total. The first-order chi connectivity index (χ1) is 35.8. The van der Waals surface area contributed by atoms with Gasteiger partial charge in [-0.2, -0.15) is 0 Å². The Hall–Kier alpha value is -8.46. The molecule has 0 amide bonds. The van der Waals surface area contributed by atoms with E-state index >= 15 is 0 Å². The summed E-state index contributed by atoms with van der Waals surface area (Å²) >= 11 is 0. The van der Waals surface area contributed by atoms with Gasteiger partial charge in [0.25, 0.3) is 0 Å². The molecular formula is C71H55NO. The Kier molecular flexibility index (Phi) is 9.83. The van der Waals surface area contributed by atoms with Gasteiger partial charge < -0.3 is 9.32 Å². The van der Waals surface area contributed by atoms with Crippen molar-refractivity contribution in [3.05, 3.63) is 304 Å². The number of hydrogen-bond acceptors (Lipinski definition) is 2. The maximum absolute atomic E-state index is 5.97. The maximum Gasteiger partial charge on any atom is 0.134 e. The molecule has 14 rings (SSSR count). The molecule has 350 valence electrons. The third-order valence-corrected chi connectivity index (χ3v) is 16.6. The SMILES string of the molecule is CC(C)(C)c1ccc2c(c1)C(c1ccccc1)(c1ccccc1)c1cc(N(c3ccc4c(c3)C(c3ccccc3)(c3ccccc3)c3ccccc3-4)c3ccc(-c4ccc5ccoc5c4)c4c3CCC4)ccc1-2. The smallest absolute Gasteiger partial charge is 0.134 e. The molecule has 0 saturated heterocycles. The van der Waals surface area contributed by atoms with Crippen molar-refractivity contribution in [3.8, 4) is 33.4 Å². The molecule has 1 aromatic heterocycles. The van der Waals surface area contributed by atoms with Gasteiger partial charge in [0.2, 0.25) is 0 Å². The van der Waals surface area contributed by atoms with Crippen molar-refractivity contribution < 1.29 is 4.42 Å². The van der Waals surface area contributed by atoms with Crippen molar-refractivity contribution in [3.63, 3.8) is 0 Å². The summed E-state index contributed by atoms with van der Waals surface area (Å²) in [6.45, 7) is 6.99. The molecule has 0 atom stereocenters. The molecule has 0 spiro atoms. The van der Waals surface area contributed by atoms with Gasteiger partial charge >= 0.3 is 0 Å². The normalized spacial score (nSPS) is 14.6. The van der Waals surface area contributed by atoms with E-state index in [1.165, 1.54) is 100 Å². The molecule has 0 bridgehead atoms. The number of hydrogen-bond donors (Lipinski definition) is 0. The Bertz CT molecular complexity index is 3840. The van der Waals surface area contributed by atoms with E-state index in [1.807, 2.05) is 6.07 Å². The van der Waals surface area contributed by atoms with Crippen LogP contribution in [0.15, 0.2) is 247 Å². The minimum atomic E-state index is -0.582. The summed E-state index contributed by atoms with van der Waals surface area (Å²) in [4.78, 5) is 2.61. The van der Waals surface area contributed by atoms with Gasteiger partial charge in [0.15, 0.2) is 0 Å². The number of fused-ring (bicyclic) bond motifs is 8. The molecular weight excluding hydrogens is 883 g/mol. The standard InChI is InChI=1S/C71H55NO/c1-69(2,3)53-33-36-59-61-38-35-55(46-66(61)71(64(59)44-53,51-23-12-6-13-24-51)52-25-14-7-15-26-52)72(67-40-39-56(57-28-18-29-62(57)67)48-32-31-47-41-42-73-68(47)43-48)54-34-37-60-58-27-16-17-30-63(58)70(65(60)45-54,49-19-8-4-9-20-49)50-21-10-5-11-22-50/h4-17,19-27,30-46H,18,28-29H2,1-3H3. The van der Waals surface area contributed by atoms with Gasteiger partial charge in [-0.1, -0.05) is 215 Å². The van der Waals surface area contributed by atoms with Crippen LogP contribution in [0.2, 0.25) is 0 Å². The van der Waals surface area contributed by atoms with E-state index in [9.17, 15) is 0 Å². The van der Waals surface area contributed by atoms with Gasteiger partial charge in [0, 0.05) is 22.4 Å². The molecule has 3 aliphatic rings. The van der Waals surface area contributed by atoms with Crippen LogP contribution in [0, 0.1) is 0 Å². The average Bonchev–Trinajstić information content (AvgIpc) is 4.25. The number of nitrogens with zero attached hydrogens (tertiary/aromatic N) is 1. The second-order valence-electron chi connectivity index (χ2n) is 21.4. The zero-order valence-corrected chi connectivity index (χ0v) is 41.6. The average molecular weight is 938 g/mol. The summed E-state index contributed by atoms with van der Waals surface area (Å²) in [7, 11) is 0. The van der Waals surface area contributed by atoms with Gasteiger partial charge in [0.1, 0.15) is 5.58 Å². The predicted octanol–water partition coefficient (Wildman–Crippen LogP) is 18.1. The van der Waals surface area contributed by atoms with Crippen LogP contribution in [0.4, 0.5) is 17.1 Å². The molecule has 10 aromatic carbocycles. The second kappa shape index (κ2) is 16.6. The summed E-state index contributed by atoms with van der Waals surface area (Å²) in [5.41, 5.74) is 25.3. The van der Waals surface area contributed by atoms with Crippen molar-refractivity contribution >= 4 is 28.0 Å². The number of furan rings is 1. The fourth-order valence-corrected chi connectivity index (χ4v) is 13.4. The molecule has 73 heavy (non-hydrogen) atoms. The summed E-state index contributed by atoms with van der Waals surface area (Å²) in [6.07, 6.45) is 4.91. The van der Waals surface area contributed by atoms with Crippen LogP contribution in [-0.2, 0) is 29.1 Å². The van der Waals surface area contributed by atoms with Crippen LogP contribution in [0.5, 0.6) is 0 Å². The van der Waals surface area contributed by atoms with Crippen LogP contribution in [0.1, 0.15) is 88.4 Å². The zero-order chi connectivity index (χ0) is 48.9. The molecule has 0 aliphatic heterocycles. The Morgan fingerprint density at radius 2 is 0.877 bits per heavy atom. The van der Waals surface area contributed by atoms with Crippen molar-refractivity contribution in [2.75, 3.05) is 4.90 Å². The molecule has 0 N–H and O–H groups in total. The van der Waals surface area contributed by atoms with Crippen LogP contribution in [0.3, 0.4) is 0 Å². The topological polar surface area (TPSA) is 16.4 Å². The second-order valence-corrected chi connectivity index (χ2v) is 21.4. The quantitative estimate of drug-likeness (QED) is 0.151. The molecule has 0 fully saturated rings. The summed E-state index contributed by atoms with van der Waals surface area (Å²) in [5.74, 6) is 0. The van der Waals surface area contributed by atoms with Gasteiger partial charge in [-0.3, -0.25) is 0 Å². The molecule has 11 aromatic rings. The van der Waals surface area contributed by atoms with Crippen LogP contribution < -0.4 is 4.90 Å². The Balaban J connectivity index is 1.06. The first-order valence-corrected chi connectivity index (χ1v) is 26.0. The van der Waals surface area contributed by atoms with Gasteiger partial charge in [-0.15, -0.1) is 0 Å². The minimum Gasteiger partial charge on any atom is -0.464 e. The van der Waals surface area contributed by atoms with Crippen molar-refractivity contribution in [2.24, 2.45) is 0 Å². The lowest BCUT2D eigenvalue weighted by Gasteiger charge is -2.36. The zero-order valence-electron chi connectivity index (χ0n) is 41.6. The highest BCUT2D eigenvalue weighted by atomic mass is 16.3. The van der Waals surface area contributed by atoms with E-state index in [-0.39, 0.29) is 5.41 Å². The minimum absolute atomic E-state index is 0.0386. The van der Waals surface area contributed by atoms with Crippen LogP contribution >= 0.6 is 0 Å². The summed E-state index contributed by atoms with van der Waals surface area (Å²) in [5, 5.41) is 1.12. The first-order valence-electron chi connectivity index (χ1n) is 26.0. The lowest BCUT2D eigenvalue weighted by Crippen LogP contribution is -2.29. The predicted molar refractivity (Wildman–Crippen MR) is 302 cm³/mol. The number of benzene rings is 10. The van der Waals surface area contributed by atoms with Crippen LogP contribution in [-0.4, -0.2) is 0 Å². The molecule has 0 unspecified atom stereocenters. The van der Waals surface area contributed by atoms with E-state index in [1.54, 1.807) is 6.26 Å². The van der Waals surface area contributed by atoms with E-state index in [2.05, 4.69) is 256 Å². The maximum atomic E-state index is 5.97. The lowest BCUT2D eigenvalue weighted by molar-refractivity contribution is 0.588. The fourth-order valence-electron chi connectivity index (χ4n) is 13.4. The van der Waals surface area contributed by atoms with E-state index < -0.39 is 10.8 Å². The monoisotopic (exact) mass is 937 g/mol. The molecule has 3 aliphatic carbocycles. The summed E-state index contributed by atoms with van der Waals surface area (Å²) < 4.78 is 5.97. The van der Waals surface area contributed by atoms with Gasteiger partial charge in [0.05, 0.1) is 17.1 Å². The number of rotatable bonds is 8. The third-order valence-electron chi connectivity index (χ3n) is 16.6. The fraction of sp³-hybridized carbons (Fsp3) is 0.127. The molecule has 2 heteroatoms. The van der Waals surface area contributed by atoms with Gasteiger partial charge in [-0.05, 0) is 162 Å². The summed E-state index contributed by atoms with van der Waals surface area (Å²) in [6, 6.07) is 89.5. The largest absolute Gasteiger partial charge is 0.464 e. The number of anilines is 3. The van der Waals surface area contributed by atoms with Crippen molar-refractivity contribution in [1.29, 1.82) is 0 Å². The highest BCUT2D eigenvalue weighted by Gasteiger charge is 2.48. The third kappa shape index (κ3) is 6.42. The Labute approximate surface area is 428 Å². The Morgan fingerprint density at radius 1 is 0.397 bits per heavy atom. The van der Waals surface area contributed by atoms with E-state index in [4.69, 9.17) is 4.42 Å². The van der Waals surface area contributed by atoms with Crippen LogP contribution in [0.25, 0.3) is 44.3 Å². The van der Waals surface area contributed by atoms with E-state index in [0.717, 1.165) is 41.6 Å². The van der Waals surface area contributed by atoms with E-state index in [0.29, 0.717) is 0 Å². The molecule has 0 radical (unpaired) electrons. The highest BCUT2D eigenvalue weighted by molar-refractivity contribution is 5.94. The van der Waals surface area contributed by atoms with Crippen molar-refractivity contribution in [2.45, 2.75) is 56.3 Å². The molecule has 1 heterocycles. The molecule has 0 saturated carbocycles. The highest BCUT2D eigenvalue weighted by Crippen LogP contribution is 2.60. The lowest BCUT2D eigenvalue weighted by atomic mass is 9.67. The first kappa shape index (κ1) is 43.3. The van der Waals surface area contributed by atoms with Crippen molar-refractivity contribution in [1.82, 2.24) is 0 Å². The Morgan fingerprint density at radius 3 is 1.45 bits per heavy atom. The van der Waals surface area contributed by atoms with Gasteiger partial charge in [-0.25, -0.2) is 0 Å².